The largest absolute Gasteiger partial charge is 0.497 e. The first-order valence-corrected chi connectivity index (χ1v) is 9.61. The third-order valence-electron chi connectivity index (χ3n) is 5.83. The van der Waals surface area contributed by atoms with E-state index in [-0.39, 0.29) is 18.0 Å². The Labute approximate surface area is 170 Å². The molecule has 2 saturated heterocycles. The summed E-state index contributed by atoms with van der Waals surface area (Å²) < 4.78 is 5.29. The van der Waals surface area contributed by atoms with Crippen molar-refractivity contribution in [3.8, 4) is 11.8 Å². The minimum atomic E-state index is -0.0342. The van der Waals surface area contributed by atoms with E-state index in [9.17, 15) is 10.1 Å². The molecule has 4 rings (SSSR count). The maximum absolute atomic E-state index is 12.9. The smallest absolute Gasteiger partial charge is 0.320 e. The molecule has 2 aliphatic rings. The Morgan fingerprint density at radius 1 is 1.17 bits per heavy atom. The quantitative estimate of drug-likeness (QED) is 0.796. The number of anilines is 1. The van der Waals surface area contributed by atoms with Crippen molar-refractivity contribution in [3.05, 3.63) is 47.9 Å². The summed E-state index contributed by atoms with van der Waals surface area (Å²) in [5.74, 6) is 1.98. The van der Waals surface area contributed by atoms with Crippen molar-refractivity contribution < 1.29 is 9.53 Å². The molecule has 3 heterocycles. The van der Waals surface area contributed by atoms with Crippen molar-refractivity contribution in [2.24, 2.45) is 11.8 Å². The molecule has 0 radical (unpaired) electrons. The first-order chi connectivity index (χ1) is 14.0. The summed E-state index contributed by atoms with van der Waals surface area (Å²) in [5, 5.41) is 9.39. The number of amides is 2. The summed E-state index contributed by atoms with van der Waals surface area (Å²) in [6, 6.07) is 10.1. The number of likely N-dealkylation sites (tertiary alicyclic amines) is 1. The number of fused-ring (bicyclic) bond motifs is 1. The van der Waals surface area contributed by atoms with E-state index in [0.717, 1.165) is 24.4 Å². The zero-order valence-corrected chi connectivity index (χ0v) is 16.8. The van der Waals surface area contributed by atoms with Crippen LogP contribution in [0.25, 0.3) is 0 Å². The van der Waals surface area contributed by atoms with E-state index in [2.05, 4.69) is 20.9 Å². The Balaban J connectivity index is 1.66. The Hall–Kier alpha value is -3.34. The molecule has 2 aliphatic heterocycles. The summed E-state index contributed by atoms with van der Waals surface area (Å²) in [5.41, 5.74) is 1.43. The molecule has 1 aromatic carbocycles. The number of carbonyl (C=O) groups is 1. The zero-order valence-electron chi connectivity index (χ0n) is 16.8. The molecule has 29 heavy (non-hydrogen) atoms. The van der Waals surface area contributed by atoms with Crippen molar-refractivity contribution in [1.82, 2.24) is 19.8 Å². The second-order valence-corrected chi connectivity index (χ2v) is 7.72. The predicted octanol–water partition coefficient (Wildman–Crippen LogP) is 2.15. The van der Waals surface area contributed by atoms with Crippen LogP contribution < -0.4 is 9.64 Å². The lowest BCUT2D eigenvalue weighted by atomic mass is 9.89. The van der Waals surface area contributed by atoms with Crippen LogP contribution in [0.3, 0.4) is 0 Å². The third-order valence-corrected chi connectivity index (χ3v) is 5.83. The van der Waals surface area contributed by atoms with E-state index in [1.165, 1.54) is 6.20 Å². The number of nitrogens with zero attached hydrogens (tertiary/aromatic N) is 6. The number of urea groups is 1. The second kappa shape index (κ2) is 7.59. The monoisotopic (exact) mass is 392 g/mol. The van der Waals surface area contributed by atoms with Gasteiger partial charge in [-0.1, -0.05) is 12.1 Å². The highest BCUT2D eigenvalue weighted by molar-refractivity contribution is 5.75. The highest BCUT2D eigenvalue weighted by Crippen LogP contribution is 2.46. The lowest BCUT2D eigenvalue weighted by Gasteiger charge is -2.32. The average Bonchev–Trinajstić information content (AvgIpc) is 3.31. The van der Waals surface area contributed by atoms with E-state index < -0.39 is 0 Å². The topological polar surface area (TPSA) is 85.6 Å². The summed E-state index contributed by atoms with van der Waals surface area (Å²) in [6.45, 7) is 2.16. The molecule has 150 valence electrons. The molecule has 8 heteroatoms. The average molecular weight is 392 g/mol. The Bertz CT molecular complexity index is 939. The molecule has 0 aliphatic carbocycles. The van der Waals surface area contributed by atoms with Gasteiger partial charge in [0.15, 0.2) is 11.5 Å². The van der Waals surface area contributed by atoms with Crippen LogP contribution >= 0.6 is 0 Å². The molecule has 0 saturated carbocycles. The lowest BCUT2D eigenvalue weighted by molar-refractivity contribution is 0.159. The minimum absolute atomic E-state index is 0.0176. The van der Waals surface area contributed by atoms with Gasteiger partial charge in [-0.3, -0.25) is 0 Å². The Morgan fingerprint density at radius 3 is 2.55 bits per heavy atom. The van der Waals surface area contributed by atoms with Crippen molar-refractivity contribution in [2.45, 2.75) is 6.04 Å². The highest BCUT2D eigenvalue weighted by atomic mass is 16.5. The van der Waals surface area contributed by atoms with Gasteiger partial charge in [0.05, 0.1) is 13.2 Å². The van der Waals surface area contributed by atoms with Crippen LogP contribution in [0.15, 0.2) is 36.7 Å². The molecule has 0 N–H and O–H groups in total. The molecule has 3 atom stereocenters. The van der Waals surface area contributed by atoms with E-state index in [1.54, 1.807) is 32.3 Å². The predicted molar refractivity (Wildman–Crippen MR) is 107 cm³/mol. The maximum Gasteiger partial charge on any atom is 0.320 e. The van der Waals surface area contributed by atoms with Crippen molar-refractivity contribution in [3.63, 3.8) is 0 Å². The first-order valence-electron chi connectivity index (χ1n) is 9.61. The maximum atomic E-state index is 12.9. The lowest BCUT2D eigenvalue weighted by Crippen LogP contribution is -2.41. The van der Waals surface area contributed by atoms with Crippen LogP contribution in [-0.4, -0.2) is 66.6 Å². The molecular formula is C21H24N6O2. The summed E-state index contributed by atoms with van der Waals surface area (Å²) in [4.78, 5) is 27.2. The number of rotatable bonds is 3. The van der Waals surface area contributed by atoms with Gasteiger partial charge in [0, 0.05) is 58.0 Å². The van der Waals surface area contributed by atoms with E-state index in [1.807, 2.05) is 29.2 Å². The Kier molecular flexibility index (Phi) is 4.97. The normalized spacial score (nSPS) is 22.9. The summed E-state index contributed by atoms with van der Waals surface area (Å²) in [7, 11) is 5.21. The fraction of sp³-hybridized carbons (Fsp3) is 0.429. The van der Waals surface area contributed by atoms with Crippen LogP contribution in [0, 0.1) is 23.2 Å². The Morgan fingerprint density at radius 2 is 1.90 bits per heavy atom. The standard InChI is InChI=1S/C21H24N6O2/c1-25(2)21(28)27-12-15-11-26(20-18(10-22)23-8-9-24-20)13-17(15)19(27)14-4-6-16(29-3)7-5-14/h4-9,15,17,19H,11-13H2,1-3H3/t15-,17-,19+/m1/s1. The van der Waals surface area contributed by atoms with Crippen molar-refractivity contribution in [2.75, 3.05) is 45.7 Å². The zero-order chi connectivity index (χ0) is 20.5. The van der Waals surface area contributed by atoms with Gasteiger partial charge >= 0.3 is 6.03 Å². The van der Waals surface area contributed by atoms with Crippen LogP contribution in [0.1, 0.15) is 17.3 Å². The second-order valence-electron chi connectivity index (χ2n) is 7.72. The molecule has 2 aromatic rings. The molecule has 0 spiro atoms. The minimum Gasteiger partial charge on any atom is -0.497 e. The van der Waals surface area contributed by atoms with E-state index in [4.69, 9.17) is 4.74 Å². The number of hydrogen-bond acceptors (Lipinski definition) is 6. The number of hydrogen-bond donors (Lipinski definition) is 0. The van der Waals surface area contributed by atoms with E-state index >= 15 is 0 Å². The molecule has 2 amide bonds. The van der Waals surface area contributed by atoms with Gasteiger partial charge in [0.2, 0.25) is 0 Å². The van der Waals surface area contributed by atoms with Crippen molar-refractivity contribution in [1.29, 1.82) is 5.26 Å². The first kappa shape index (κ1) is 19.0. The molecule has 8 nitrogen and oxygen atoms in total. The van der Waals surface area contributed by atoms with Gasteiger partial charge < -0.3 is 19.4 Å². The molecule has 0 unspecified atom stereocenters. The van der Waals surface area contributed by atoms with Gasteiger partial charge in [0.25, 0.3) is 0 Å². The van der Waals surface area contributed by atoms with Crippen LogP contribution in [0.2, 0.25) is 0 Å². The SMILES string of the molecule is COc1ccc([C@H]2[C@@H]3CN(c4nccnc4C#N)C[C@@H]3CN2C(=O)N(C)C)cc1. The molecule has 0 bridgehead atoms. The van der Waals surface area contributed by atoms with Gasteiger partial charge in [-0.2, -0.15) is 5.26 Å². The summed E-state index contributed by atoms with van der Waals surface area (Å²) in [6.07, 6.45) is 3.16. The van der Waals surface area contributed by atoms with E-state index in [0.29, 0.717) is 24.0 Å². The van der Waals surface area contributed by atoms with Gasteiger partial charge in [0.1, 0.15) is 11.8 Å². The number of aromatic nitrogens is 2. The number of benzene rings is 1. The van der Waals surface area contributed by atoms with Crippen LogP contribution in [-0.2, 0) is 0 Å². The molecule has 2 fully saturated rings. The number of methoxy groups -OCH3 is 1. The van der Waals surface area contributed by atoms with Crippen LogP contribution in [0.5, 0.6) is 5.75 Å². The fourth-order valence-electron chi connectivity index (χ4n) is 4.54. The van der Waals surface area contributed by atoms with Crippen LogP contribution in [0.4, 0.5) is 10.6 Å². The van der Waals surface area contributed by atoms with Gasteiger partial charge in [-0.15, -0.1) is 0 Å². The van der Waals surface area contributed by atoms with Gasteiger partial charge in [-0.05, 0) is 17.7 Å². The fourth-order valence-corrected chi connectivity index (χ4v) is 4.54. The number of nitriles is 1. The molecule has 1 aromatic heterocycles. The molecular weight excluding hydrogens is 368 g/mol. The summed E-state index contributed by atoms with van der Waals surface area (Å²) >= 11 is 0. The number of carbonyl (C=O) groups excluding carboxylic acids is 1. The third kappa shape index (κ3) is 3.33. The van der Waals surface area contributed by atoms with Crippen molar-refractivity contribution >= 4 is 11.8 Å². The van der Waals surface area contributed by atoms with Gasteiger partial charge in [-0.25, -0.2) is 14.8 Å². The number of ether oxygens (including phenoxy) is 1. The highest BCUT2D eigenvalue weighted by Gasteiger charge is 2.50.